The summed E-state index contributed by atoms with van der Waals surface area (Å²) in [6.45, 7) is 2.89. The second-order valence-corrected chi connectivity index (χ2v) is 6.17. The van der Waals surface area contributed by atoms with Crippen molar-refractivity contribution in [3.8, 4) is 5.75 Å². The minimum absolute atomic E-state index is 0.248. The zero-order valence-corrected chi connectivity index (χ0v) is 12.0. The van der Waals surface area contributed by atoms with E-state index in [2.05, 4.69) is 0 Å². The Balaban J connectivity index is 1.72. The number of hydrogen-bond acceptors (Lipinski definition) is 5. The second kappa shape index (κ2) is 5.25. The third-order valence-electron chi connectivity index (χ3n) is 4.46. The molecule has 3 aliphatic rings. The van der Waals surface area contributed by atoms with Crippen LogP contribution >= 0.6 is 0 Å². The van der Waals surface area contributed by atoms with Crippen molar-refractivity contribution < 1.29 is 19.3 Å². The van der Waals surface area contributed by atoms with Gasteiger partial charge in [0.15, 0.2) is 0 Å². The minimum Gasteiger partial charge on any atom is -0.508 e. The van der Waals surface area contributed by atoms with Crippen molar-refractivity contribution in [1.82, 2.24) is 0 Å². The van der Waals surface area contributed by atoms with Crippen molar-refractivity contribution in [2.75, 3.05) is 19.8 Å². The fourth-order valence-corrected chi connectivity index (χ4v) is 3.04. The van der Waals surface area contributed by atoms with Gasteiger partial charge in [-0.1, -0.05) is 0 Å². The number of benzene rings is 1. The first-order chi connectivity index (χ1) is 10.2. The highest BCUT2D eigenvalue weighted by molar-refractivity contribution is 5.50. The average molecular weight is 291 g/mol. The Morgan fingerprint density at radius 3 is 1.95 bits per heavy atom. The number of aromatic hydroxyl groups is 1. The van der Waals surface area contributed by atoms with Crippen LogP contribution in [0.3, 0.4) is 0 Å². The second-order valence-electron chi connectivity index (χ2n) is 6.17. The molecule has 3 unspecified atom stereocenters. The fourth-order valence-electron chi connectivity index (χ4n) is 3.04. The van der Waals surface area contributed by atoms with Crippen LogP contribution < -0.4 is 5.73 Å². The van der Waals surface area contributed by atoms with E-state index in [1.807, 2.05) is 6.07 Å². The number of nitrogens with two attached hydrogens (primary N) is 1. The van der Waals surface area contributed by atoms with Gasteiger partial charge in [-0.25, -0.2) is 0 Å². The van der Waals surface area contributed by atoms with Gasteiger partial charge in [0.1, 0.15) is 5.75 Å². The van der Waals surface area contributed by atoms with Crippen molar-refractivity contribution in [2.24, 2.45) is 5.73 Å². The third-order valence-corrected chi connectivity index (χ3v) is 4.46. The van der Waals surface area contributed by atoms with Crippen LogP contribution in [0.25, 0.3) is 0 Å². The highest BCUT2D eigenvalue weighted by atomic mass is 16.6. The first-order valence-electron chi connectivity index (χ1n) is 7.65. The molecule has 0 radical (unpaired) electrons. The number of hydrogen-bond donors (Lipinski definition) is 2. The first kappa shape index (κ1) is 13.5. The van der Waals surface area contributed by atoms with E-state index in [1.165, 1.54) is 5.56 Å². The van der Waals surface area contributed by atoms with E-state index in [-0.39, 0.29) is 18.3 Å². The van der Waals surface area contributed by atoms with Crippen LogP contribution in [0.4, 0.5) is 0 Å². The molecule has 0 aromatic heterocycles. The largest absolute Gasteiger partial charge is 0.508 e. The molecule has 3 fully saturated rings. The molecule has 114 valence electrons. The summed E-state index contributed by atoms with van der Waals surface area (Å²) in [7, 11) is 0. The maximum absolute atomic E-state index is 10.5. The van der Waals surface area contributed by atoms with Gasteiger partial charge in [-0.05, 0) is 22.8 Å². The molecular weight excluding hydrogens is 270 g/mol. The predicted octanol–water partition coefficient (Wildman–Crippen LogP) is 0.675. The molecule has 0 saturated carbocycles. The molecule has 3 heterocycles. The topological polar surface area (TPSA) is 83.8 Å². The molecule has 3 atom stereocenters. The van der Waals surface area contributed by atoms with Gasteiger partial charge in [0, 0.05) is 31.4 Å². The lowest BCUT2D eigenvalue weighted by molar-refractivity contribution is 0.394. The molecule has 3 N–H and O–H groups in total. The number of phenols is 1. The van der Waals surface area contributed by atoms with Gasteiger partial charge in [-0.3, -0.25) is 0 Å². The standard InChI is InChI=1S/C16H21NO4/c17-5-15-9(1-10-6-19-10)2-16(18)14(4-12-8-21-12)13(15)3-11-7-20-11/h2,10-12,18H,1,3-8,17H2. The minimum atomic E-state index is 0.248. The van der Waals surface area contributed by atoms with Gasteiger partial charge in [-0.2, -0.15) is 0 Å². The number of rotatable bonds is 7. The number of phenolic OH excluding ortho intramolecular Hbond substituents is 1. The fraction of sp³-hybridized carbons (Fsp3) is 0.625. The van der Waals surface area contributed by atoms with Crippen LogP contribution in [-0.2, 0) is 40.0 Å². The lowest BCUT2D eigenvalue weighted by atomic mass is 9.88. The van der Waals surface area contributed by atoms with Crippen molar-refractivity contribution in [1.29, 1.82) is 0 Å². The molecule has 3 aliphatic heterocycles. The summed E-state index contributed by atoms with van der Waals surface area (Å²) >= 11 is 0. The third kappa shape index (κ3) is 3.06. The zero-order chi connectivity index (χ0) is 14.4. The summed E-state index contributed by atoms with van der Waals surface area (Å²) in [5.74, 6) is 0.369. The van der Waals surface area contributed by atoms with E-state index in [0.29, 0.717) is 12.3 Å². The molecule has 3 saturated heterocycles. The van der Waals surface area contributed by atoms with Gasteiger partial charge in [0.2, 0.25) is 0 Å². The van der Waals surface area contributed by atoms with Crippen molar-refractivity contribution in [3.63, 3.8) is 0 Å². The molecule has 1 aromatic rings. The maximum atomic E-state index is 10.5. The van der Waals surface area contributed by atoms with Gasteiger partial charge in [0.25, 0.3) is 0 Å². The molecule has 5 nitrogen and oxygen atoms in total. The van der Waals surface area contributed by atoms with Crippen LogP contribution in [0.2, 0.25) is 0 Å². The molecule has 1 aromatic carbocycles. The normalized spacial score (nSPS) is 29.5. The Morgan fingerprint density at radius 2 is 1.43 bits per heavy atom. The molecule has 21 heavy (non-hydrogen) atoms. The van der Waals surface area contributed by atoms with Crippen LogP contribution in [0.1, 0.15) is 22.3 Å². The molecule has 0 amide bonds. The molecule has 4 rings (SSSR count). The summed E-state index contributed by atoms with van der Waals surface area (Å²) in [5, 5.41) is 10.5. The van der Waals surface area contributed by atoms with E-state index < -0.39 is 0 Å². The summed E-state index contributed by atoms with van der Waals surface area (Å²) in [5.41, 5.74) is 10.5. The smallest absolute Gasteiger partial charge is 0.119 e. The van der Waals surface area contributed by atoms with Gasteiger partial charge >= 0.3 is 0 Å². The van der Waals surface area contributed by atoms with Crippen molar-refractivity contribution >= 4 is 0 Å². The number of ether oxygens (including phenoxy) is 3. The van der Waals surface area contributed by atoms with E-state index >= 15 is 0 Å². The molecular formula is C16H21NO4. The molecule has 0 spiro atoms. The van der Waals surface area contributed by atoms with Crippen LogP contribution in [-0.4, -0.2) is 43.2 Å². The Morgan fingerprint density at radius 1 is 0.905 bits per heavy atom. The Kier molecular flexibility index (Phi) is 3.38. The summed E-state index contributed by atoms with van der Waals surface area (Å²) in [6.07, 6.45) is 3.25. The average Bonchev–Trinajstić information content (AvgIpc) is 3.30. The quantitative estimate of drug-likeness (QED) is 0.722. The SMILES string of the molecule is NCc1c(CC2CO2)cc(O)c(CC2CO2)c1CC1CO1. The zero-order valence-electron chi connectivity index (χ0n) is 12.0. The van der Waals surface area contributed by atoms with E-state index in [9.17, 15) is 5.11 Å². The molecule has 0 aliphatic carbocycles. The number of epoxide rings is 3. The van der Waals surface area contributed by atoms with Crippen LogP contribution in [0.5, 0.6) is 5.75 Å². The van der Waals surface area contributed by atoms with E-state index in [0.717, 1.165) is 55.8 Å². The molecule has 0 bridgehead atoms. The summed E-state index contributed by atoms with van der Waals surface area (Å²) in [6, 6.07) is 1.87. The summed E-state index contributed by atoms with van der Waals surface area (Å²) in [4.78, 5) is 0. The lowest BCUT2D eigenvalue weighted by Crippen LogP contribution is -2.14. The van der Waals surface area contributed by atoms with Gasteiger partial charge in [-0.15, -0.1) is 0 Å². The van der Waals surface area contributed by atoms with E-state index in [1.54, 1.807) is 0 Å². The van der Waals surface area contributed by atoms with E-state index in [4.69, 9.17) is 19.9 Å². The monoisotopic (exact) mass is 291 g/mol. The Labute approximate surface area is 124 Å². The van der Waals surface area contributed by atoms with Gasteiger partial charge < -0.3 is 25.1 Å². The molecule has 5 heteroatoms. The van der Waals surface area contributed by atoms with Gasteiger partial charge in [0.05, 0.1) is 38.1 Å². The summed E-state index contributed by atoms with van der Waals surface area (Å²) < 4.78 is 16.0. The van der Waals surface area contributed by atoms with Crippen molar-refractivity contribution in [2.45, 2.75) is 44.1 Å². The Bertz CT molecular complexity index is 548. The lowest BCUT2D eigenvalue weighted by Gasteiger charge is -2.19. The van der Waals surface area contributed by atoms with Crippen LogP contribution in [0.15, 0.2) is 6.07 Å². The van der Waals surface area contributed by atoms with Crippen molar-refractivity contribution in [3.05, 3.63) is 28.3 Å². The van der Waals surface area contributed by atoms with Crippen LogP contribution in [0, 0.1) is 0 Å². The highest BCUT2D eigenvalue weighted by Crippen LogP contribution is 2.35. The first-order valence-corrected chi connectivity index (χ1v) is 7.65. The Hall–Kier alpha value is -1.14. The highest BCUT2D eigenvalue weighted by Gasteiger charge is 2.32. The maximum Gasteiger partial charge on any atom is 0.119 e. The predicted molar refractivity (Wildman–Crippen MR) is 76.3 cm³/mol.